The number of hydroxylamine groups is 1. The molecule has 1 fully saturated rings. The van der Waals surface area contributed by atoms with Crippen LogP contribution in [0, 0.1) is 5.41 Å². The number of nitrogens with one attached hydrogen (secondary N) is 1. The predicted molar refractivity (Wildman–Crippen MR) is 62.7 cm³/mol. The second-order valence-electron chi connectivity index (χ2n) is 5.80. The first-order chi connectivity index (χ1) is 7.97. The highest BCUT2D eigenvalue weighted by molar-refractivity contribution is 5.83. The van der Waals surface area contributed by atoms with Crippen LogP contribution in [-0.2, 0) is 9.63 Å². The standard InChI is InChI=1S/C12H20N2O3/c1-9-7-12(17-14-9)5-3-11(2,4-6-12)8-10(15)13-16/h16H,3-8H2,1-2H3,(H,13,15). The Balaban J connectivity index is 1.91. The quantitative estimate of drug-likeness (QED) is 0.573. The summed E-state index contributed by atoms with van der Waals surface area (Å²) in [5.74, 6) is -0.303. The van der Waals surface area contributed by atoms with Gasteiger partial charge in [-0.3, -0.25) is 10.0 Å². The highest BCUT2D eigenvalue weighted by Gasteiger charge is 2.45. The van der Waals surface area contributed by atoms with Crippen molar-refractivity contribution in [1.82, 2.24) is 5.48 Å². The van der Waals surface area contributed by atoms with E-state index in [2.05, 4.69) is 12.1 Å². The fourth-order valence-electron chi connectivity index (χ4n) is 2.89. The van der Waals surface area contributed by atoms with Crippen LogP contribution in [0.5, 0.6) is 0 Å². The van der Waals surface area contributed by atoms with Gasteiger partial charge in [-0.1, -0.05) is 12.1 Å². The van der Waals surface area contributed by atoms with Gasteiger partial charge in [-0.2, -0.15) is 0 Å². The van der Waals surface area contributed by atoms with Crippen LogP contribution in [0.4, 0.5) is 0 Å². The number of hydrogen-bond acceptors (Lipinski definition) is 4. The maximum Gasteiger partial charge on any atom is 0.243 e. The Morgan fingerprint density at radius 1 is 1.47 bits per heavy atom. The molecule has 2 N–H and O–H groups in total. The van der Waals surface area contributed by atoms with Gasteiger partial charge >= 0.3 is 0 Å². The van der Waals surface area contributed by atoms with Gasteiger partial charge in [0.2, 0.25) is 5.91 Å². The summed E-state index contributed by atoms with van der Waals surface area (Å²) in [4.78, 5) is 16.8. The molecule has 1 amide bonds. The molecule has 0 saturated heterocycles. The minimum absolute atomic E-state index is 0.0298. The highest BCUT2D eigenvalue weighted by atomic mass is 16.7. The molecule has 17 heavy (non-hydrogen) atoms. The first-order valence-corrected chi connectivity index (χ1v) is 6.12. The third-order valence-corrected chi connectivity index (χ3v) is 4.05. The predicted octanol–water partition coefficient (Wildman–Crippen LogP) is 2.00. The third-order valence-electron chi connectivity index (χ3n) is 4.05. The SMILES string of the molecule is CC1=NOC2(CCC(C)(CC(=O)NO)CC2)C1. The second-order valence-corrected chi connectivity index (χ2v) is 5.80. The van der Waals surface area contributed by atoms with Gasteiger partial charge in [-0.15, -0.1) is 0 Å². The summed E-state index contributed by atoms with van der Waals surface area (Å²) in [7, 11) is 0. The van der Waals surface area contributed by atoms with Crippen LogP contribution in [0.25, 0.3) is 0 Å². The van der Waals surface area contributed by atoms with Crippen molar-refractivity contribution in [2.24, 2.45) is 10.6 Å². The number of carbonyl (C=O) groups is 1. The number of amides is 1. The van der Waals surface area contributed by atoms with E-state index in [9.17, 15) is 4.79 Å². The lowest BCUT2D eigenvalue weighted by atomic mass is 9.67. The molecule has 96 valence electrons. The Bertz CT molecular complexity index is 344. The van der Waals surface area contributed by atoms with E-state index in [4.69, 9.17) is 10.0 Å². The van der Waals surface area contributed by atoms with E-state index >= 15 is 0 Å². The molecule has 0 bridgehead atoms. The molecular formula is C12H20N2O3. The molecule has 2 rings (SSSR count). The van der Waals surface area contributed by atoms with Gasteiger partial charge in [-0.25, -0.2) is 5.48 Å². The zero-order valence-electron chi connectivity index (χ0n) is 10.5. The summed E-state index contributed by atoms with van der Waals surface area (Å²) in [6.45, 7) is 4.08. The Morgan fingerprint density at radius 3 is 2.59 bits per heavy atom. The molecule has 1 aliphatic carbocycles. The van der Waals surface area contributed by atoms with E-state index in [1.165, 1.54) is 0 Å². The zero-order valence-corrected chi connectivity index (χ0v) is 10.5. The summed E-state index contributed by atoms with van der Waals surface area (Å²) < 4.78 is 0. The van der Waals surface area contributed by atoms with Crippen molar-refractivity contribution in [2.75, 3.05) is 0 Å². The van der Waals surface area contributed by atoms with Gasteiger partial charge in [0.15, 0.2) is 0 Å². The molecule has 5 nitrogen and oxygen atoms in total. The topological polar surface area (TPSA) is 70.9 Å². The van der Waals surface area contributed by atoms with Crippen molar-refractivity contribution in [3.05, 3.63) is 0 Å². The van der Waals surface area contributed by atoms with Crippen LogP contribution in [0.2, 0.25) is 0 Å². The first kappa shape index (κ1) is 12.4. The smallest absolute Gasteiger partial charge is 0.243 e. The van der Waals surface area contributed by atoms with Gasteiger partial charge in [0.05, 0.1) is 5.71 Å². The lowest BCUT2D eigenvalue weighted by molar-refractivity contribution is -0.133. The van der Waals surface area contributed by atoms with Crippen molar-refractivity contribution < 1.29 is 14.8 Å². The molecule has 0 aromatic rings. The number of nitrogens with zero attached hydrogens (tertiary/aromatic N) is 1. The Kier molecular flexibility index (Phi) is 3.12. The molecule has 1 aliphatic heterocycles. The molecule has 0 unspecified atom stereocenters. The van der Waals surface area contributed by atoms with Gasteiger partial charge in [-0.05, 0) is 38.0 Å². The molecule has 0 atom stereocenters. The number of rotatable bonds is 2. The van der Waals surface area contributed by atoms with Crippen molar-refractivity contribution in [1.29, 1.82) is 0 Å². The zero-order chi connectivity index (χ0) is 12.5. The molecule has 0 radical (unpaired) electrons. The third kappa shape index (κ3) is 2.60. The summed E-state index contributed by atoms with van der Waals surface area (Å²) in [6, 6.07) is 0. The average molecular weight is 240 g/mol. The highest BCUT2D eigenvalue weighted by Crippen LogP contribution is 2.47. The van der Waals surface area contributed by atoms with E-state index in [-0.39, 0.29) is 16.9 Å². The van der Waals surface area contributed by atoms with E-state index < -0.39 is 0 Å². The molecule has 5 heteroatoms. The summed E-state index contributed by atoms with van der Waals surface area (Å²) in [5.41, 5.74) is 2.63. The number of hydrogen-bond donors (Lipinski definition) is 2. The van der Waals surface area contributed by atoms with Crippen molar-refractivity contribution in [3.8, 4) is 0 Å². The minimum atomic E-state index is -0.303. The van der Waals surface area contributed by atoms with Crippen molar-refractivity contribution in [2.45, 2.75) is 58.0 Å². The summed E-state index contributed by atoms with van der Waals surface area (Å²) >= 11 is 0. The molecular weight excluding hydrogens is 220 g/mol. The fourth-order valence-corrected chi connectivity index (χ4v) is 2.89. The monoisotopic (exact) mass is 240 g/mol. The van der Waals surface area contributed by atoms with E-state index in [1.54, 1.807) is 5.48 Å². The lowest BCUT2D eigenvalue weighted by Crippen LogP contribution is -2.40. The van der Waals surface area contributed by atoms with Gasteiger partial charge in [0.1, 0.15) is 5.60 Å². The van der Waals surface area contributed by atoms with Crippen LogP contribution in [0.1, 0.15) is 52.4 Å². The lowest BCUT2D eigenvalue weighted by Gasteiger charge is -2.40. The Hall–Kier alpha value is -1.10. The molecule has 2 aliphatic rings. The van der Waals surface area contributed by atoms with Crippen LogP contribution in [0.15, 0.2) is 5.16 Å². The average Bonchev–Trinajstić information content (AvgIpc) is 2.66. The van der Waals surface area contributed by atoms with Crippen LogP contribution in [-0.4, -0.2) is 22.4 Å². The summed E-state index contributed by atoms with van der Waals surface area (Å²) in [6.07, 6.45) is 5.02. The minimum Gasteiger partial charge on any atom is -0.389 e. The normalized spacial score (nSPS) is 36.5. The Morgan fingerprint density at radius 2 is 2.12 bits per heavy atom. The van der Waals surface area contributed by atoms with Gasteiger partial charge < -0.3 is 4.84 Å². The largest absolute Gasteiger partial charge is 0.389 e. The van der Waals surface area contributed by atoms with Gasteiger partial charge in [0, 0.05) is 12.8 Å². The number of oxime groups is 1. The molecule has 1 saturated carbocycles. The van der Waals surface area contributed by atoms with Crippen LogP contribution >= 0.6 is 0 Å². The van der Waals surface area contributed by atoms with Crippen molar-refractivity contribution in [3.63, 3.8) is 0 Å². The van der Waals surface area contributed by atoms with Crippen molar-refractivity contribution >= 4 is 11.6 Å². The van der Waals surface area contributed by atoms with E-state index in [0.29, 0.717) is 6.42 Å². The van der Waals surface area contributed by atoms with Crippen LogP contribution < -0.4 is 5.48 Å². The first-order valence-electron chi connectivity index (χ1n) is 6.12. The summed E-state index contributed by atoms with van der Waals surface area (Å²) in [5, 5.41) is 12.6. The van der Waals surface area contributed by atoms with E-state index in [1.807, 2.05) is 6.92 Å². The molecule has 1 heterocycles. The molecule has 0 aromatic carbocycles. The molecule has 0 aromatic heterocycles. The molecule has 1 spiro atoms. The van der Waals surface area contributed by atoms with Crippen LogP contribution in [0.3, 0.4) is 0 Å². The number of carbonyl (C=O) groups excluding carboxylic acids is 1. The maximum absolute atomic E-state index is 11.2. The fraction of sp³-hybridized carbons (Fsp3) is 0.833. The second kappa shape index (κ2) is 4.29. The van der Waals surface area contributed by atoms with E-state index in [0.717, 1.165) is 37.8 Å². The Labute approximate surface area is 101 Å². The van der Waals surface area contributed by atoms with Gasteiger partial charge in [0.25, 0.3) is 0 Å². The maximum atomic E-state index is 11.2.